The lowest BCUT2D eigenvalue weighted by Crippen LogP contribution is -2.02. The number of carbonyl (C=O) groups is 1. The van der Waals surface area contributed by atoms with Crippen molar-refractivity contribution in [1.82, 2.24) is 0 Å². The lowest BCUT2D eigenvalue weighted by Gasteiger charge is -2.10. The van der Waals surface area contributed by atoms with E-state index in [0.29, 0.717) is 11.5 Å². The molecule has 3 nitrogen and oxygen atoms in total. The summed E-state index contributed by atoms with van der Waals surface area (Å²) in [4.78, 5) is 11.5. The molecular formula is C17H16O3. The number of aryl methyl sites for hydroxylation is 1. The van der Waals surface area contributed by atoms with Crippen LogP contribution in [0.4, 0.5) is 0 Å². The summed E-state index contributed by atoms with van der Waals surface area (Å²) in [7, 11) is 1.34. The quantitative estimate of drug-likeness (QED) is 0.483. The number of carbonyl (C=O) groups excluding carboxylic acids is 1. The zero-order valence-corrected chi connectivity index (χ0v) is 11.5. The first-order chi connectivity index (χ1) is 9.69. The second-order valence-electron chi connectivity index (χ2n) is 4.31. The number of hydrogen-bond donors (Lipinski definition) is 0. The first kappa shape index (κ1) is 13.9. The number of esters is 1. The van der Waals surface area contributed by atoms with Crippen LogP contribution in [0.3, 0.4) is 0 Å². The standard InChI is InChI=1S/C17H16O3/c1-13-8-10-15(11-9-13)20-16(12-17(18)19-2)14-6-4-3-5-7-14/h3-12H,1-2H3/b16-12+. The molecule has 0 aromatic heterocycles. The zero-order valence-electron chi connectivity index (χ0n) is 11.5. The van der Waals surface area contributed by atoms with Gasteiger partial charge in [0.1, 0.15) is 11.5 Å². The Balaban J connectivity index is 2.30. The number of hydrogen-bond acceptors (Lipinski definition) is 3. The molecule has 0 fully saturated rings. The van der Waals surface area contributed by atoms with Crippen LogP contribution in [0.25, 0.3) is 5.76 Å². The minimum atomic E-state index is -0.448. The Bertz CT molecular complexity index is 598. The summed E-state index contributed by atoms with van der Waals surface area (Å²) in [5.74, 6) is 0.687. The predicted molar refractivity (Wildman–Crippen MR) is 78.2 cm³/mol. The molecule has 0 saturated carbocycles. The largest absolute Gasteiger partial charge is 0.466 e. The van der Waals surface area contributed by atoms with E-state index in [4.69, 9.17) is 4.74 Å². The van der Waals surface area contributed by atoms with Gasteiger partial charge in [0.15, 0.2) is 0 Å². The van der Waals surface area contributed by atoms with Crippen molar-refractivity contribution < 1.29 is 14.3 Å². The van der Waals surface area contributed by atoms with E-state index in [-0.39, 0.29) is 0 Å². The molecule has 0 aliphatic carbocycles. The average molecular weight is 268 g/mol. The maximum absolute atomic E-state index is 11.5. The molecule has 0 radical (unpaired) electrons. The summed E-state index contributed by atoms with van der Waals surface area (Å²) in [6.07, 6.45) is 1.34. The van der Waals surface area contributed by atoms with Crippen LogP contribution in [0.15, 0.2) is 60.7 Å². The van der Waals surface area contributed by atoms with E-state index in [1.54, 1.807) is 0 Å². The van der Waals surface area contributed by atoms with Crippen molar-refractivity contribution in [2.75, 3.05) is 7.11 Å². The highest BCUT2D eigenvalue weighted by Gasteiger charge is 2.07. The first-order valence-corrected chi connectivity index (χ1v) is 6.28. The van der Waals surface area contributed by atoms with Crippen molar-refractivity contribution in [3.63, 3.8) is 0 Å². The van der Waals surface area contributed by atoms with Gasteiger partial charge in [-0.2, -0.15) is 0 Å². The van der Waals surface area contributed by atoms with Crippen molar-refractivity contribution in [1.29, 1.82) is 0 Å². The zero-order chi connectivity index (χ0) is 14.4. The van der Waals surface area contributed by atoms with Gasteiger partial charge in [0, 0.05) is 5.56 Å². The van der Waals surface area contributed by atoms with Gasteiger partial charge < -0.3 is 9.47 Å². The second-order valence-corrected chi connectivity index (χ2v) is 4.31. The fraction of sp³-hybridized carbons (Fsp3) is 0.118. The highest BCUT2D eigenvalue weighted by atomic mass is 16.5. The van der Waals surface area contributed by atoms with Crippen LogP contribution < -0.4 is 4.74 Å². The lowest BCUT2D eigenvalue weighted by atomic mass is 10.2. The molecule has 0 aliphatic heterocycles. The third kappa shape index (κ3) is 3.72. The Hall–Kier alpha value is -2.55. The predicted octanol–water partition coefficient (Wildman–Crippen LogP) is 3.59. The third-order valence-corrected chi connectivity index (χ3v) is 2.76. The van der Waals surface area contributed by atoms with Crippen LogP contribution in [-0.4, -0.2) is 13.1 Å². The Morgan fingerprint density at radius 2 is 1.65 bits per heavy atom. The van der Waals surface area contributed by atoms with E-state index in [1.165, 1.54) is 13.2 Å². The normalized spacial score (nSPS) is 11.0. The molecule has 2 rings (SSSR count). The first-order valence-electron chi connectivity index (χ1n) is 6.28. The Morgan fingerprint density at radius 3 is 2.25 bits per heavy atom. The van der Waals surface area contributed by atoms with Gasteiger partial charge in [-0.15, -0.1) is 0 Å². The molecule has 0 amide bonds. The number of methoxy groups -OCH3 is 1. The molecule has 0 spiro atoms. The molecular weight excluding hydrogens is 252 g/mol. The van der Waals surface area contributed by atoms with Crippen molar-refractivity contribution in [3.05, 3.63) is 71.8 Å². The van der Waals surface area contributed by atoms with E-state index >= 15 is 0 Å². The summed E-state index contributed by atoms with van der Waals surface area (Å²) in [5.41, 5.74) is 1.97. The molecule has 0 heterocycles. The molecule has 0 aliphatic rings. The van der Waals surface area contributed by atoms with E-state index in [1.807, 2.05) is 61.5 Å². The van der Waals surface area contributed by atoms with Crippen LogP contribution in [0, 0.1) is 6.92 Å². The van der Waals surface area contributed by atoms with E-state index < -0.39 is 5.97 Å². The molecule has 0 atom stereocenters. The van der Waals surface area contributed by atoms with Crippen molar-refractivity contribution in [3.8, 4) is 5.75 Å². The van der Waals surface area contributed by atoms with Gasteiger partial charge in [-0.05, 0) is 19.1 Å². The molecule has 0 saturated heterocycles. The molecule has 0 unspecified atom stereocenters. The fourth-order valence-corrected chi connectivity index (χ4v) is 1.67. The Labute approximate surface area is 118 Å². The lowest BCUT2D eigenvalue weighted by molar-refractivity contribution is -0.134. The topological polar surface area (TPSA) is 35.5 Å². The summed E-state index contributed by atoms with van der Waals surface area (Å²) in [6.45, 7) is 2.01. The van der Waals surface area contributed by atoms with Gasteiger partial charge in [0.25, 0.3) is 0 Å². The summed E-state index contributed by atoms with van der Waals surface area (Å²) >= 11 is 0. The van der Waals surface area contributed by atoms with Gasteiger partial charge >= 0.3 is 5.97 Å². The number of ether oxygens (including phenoxy) is 2. The Kier molecular flexibility index (Phi) is 4.56. The fourth-order valence-electron chi connectivity index (χ4n) is 1.67. The van der Waals surface area contributed by atoms with Crippen LogP contribution in [-0.2, 0) is 9.53 Å². The number of rotatable bonds is 4. The van der Waals surface area contributed by atoms with E-state index in [2.05, 4.69) is 4.74 Å². The van der Waals surface area contributed by atoms with Gasteiger partial charge in [-0.25, -0.2) is 4.79 Å². The van der Waals surface area contributed by atoms with Crippen LogP contribution in [0.5, 0.6) is 5.75 Å². The molecule has 0 N–H and O–H groups in total. The van der Waals surface area contributed by atoms with Crippen molar-refractivity contribution >= 4 is 11.7 Å². The van der Waals surface area contributed by atoms with Gasteiger partial charge in [0.05, 0.1) is 13.2 Å². The monoisotopic (exact) mass is 268 g/mol. The SMILES string of the molecule is COC(=O)/C=C(/Oc1ccc(C)cc1)c1ccccc1. The van der Waals surface area contributed by atoms with Crippen LogP contribution in [0.1, 0.15) is 11.1 Å². The summed E-state index contributed by atoms with van der Waals surface area (Å²) in [6, 6.07) is 17.1. The van der Waals surface area contributed by atoms with Crippen molar-refractivity contribution in [2.24, 2.45) is 0 Å². The Morgan fingerprint density at radius 1 is 1.00 bits per heavy atom. The second kappa shape index (κ2) is 6.57. The molecule has 20 heavy (non-hydrogen) atoms. The highest BCUT2D eigenvalue weighted by Crippen LogP contribution is 2.21. The highest BCUT2D eigenvalue weighted by molar-refractivity contribution is 5.90. The van der Waals surface area contributed by atoms with Gasteiger partial charge in [-0.1, -0.05) is 48.0 Å². The maximum atomic E-state index is 11.5. The average Bonchev–Trinajstić information content (AvgIpc) is 2.49. The minimum absolute atomic E-state index is 0.448. The maximum Gasteiger partial charge on any atom is 0.334 e. The van der Waals surface area contributed by atoms with Gasteiger partial charge in [0.2, 0.25) is 0 Å². The summed E-state index contributed by atoms with van der Waals surface area (Å²) < 4.78 is 10.5. The molecule has 3 heteroatoms. The minimum Gasteiger partial charge on any atom is -0.466 e. The summed E-state index contributed by atoms with van der Waals surface area (Å²) in [5, 5.41) is 0. The van der Waals surface area contributed by atoms with Crippen LogP contribution in [0.2, 0.25) is 0 Å². The van der Waals surface area contributed by atoms with Crippen LogP contribution >= 0.6 is 0 Å². The molecule has 0 bridgehead atoms. The molecule has 102 valence electrons. The smallest absolute Gasteiger partial charge is 0.334 e. The van der Waals surface area contributed by atoms with Gasteiger partial charge in [-0.3, -0.25) is 0 Å². The molecule has 2 aromatic carbocycles. The van der Waals surface area contributed by atoms with Crippen molar-refractivity contribution in [2.45, 2.75) is 6.92 Å². The molecule has 2 aromatic rings. The van der Waals surface area contributed by atoms with E-state index in [0.717, 1.165) is 11.1 Å². The van der Waals surface area contributed by atoms with E-state index in [9.17, 15) is 4.79 Å². The number of benzene rings is 2. The third-order valence-electron chi connectivity index (χ3n) is 2.76.